The van der Waals surface area contributed by atoms with Gasteiger partial charge in [0.05, 0.1) is 46.3 Å². The number of likely N-dealkylation sites (tertiary alicyclic amines) is 1. The third kappa shape index (κ3) is 4.55. The molecule has 1 N–H and O–H groups in total. The quantitative estimate of drug-likeness (QED) is 0.297. The molecule has 0 amide bonds. The van der Waals surface area contributed by atoms with Crippen molar-refractivity contribution in [2.24, 2.45) is 0 Å². The number of methoxy groups -OCH3 is 1. The average Bonchev–Trinajstić information content (AvgIpc) is 3.46. The zero-order chi connectivity index (χ0) is 24.5. The molecule has 12 heteroatoms. The van der Waals surface area contributed by atoms with Crippen molar-refractivity contribution >= 4 is 34.4 Å². The predicted octanol–water partition coefficient (Wildman–Crippen LogP) is 4.19. The lowest BCUT2D eigenvalue weighted by Crippen LogP contribution is -2.21. The summed E-state index contributed by atoms with van der Waals surface area (Å²) in [5.74, 6) is 0.702. The van der Waals surface area contributed by atoms with Crippen LogP contribution in [0, 0.1) is 10.1 Å². The van der Waals surface area contributed by atoms with Crippen molar-refractivity contribution in [2.75, 3.05) is 32.6 Å². The van der Waals surface area contributed by atoms with Crippen molar-refractivity contribution in [3.63, 3.8) is 0 Å². The zero-order valence-corrected chi connectivity index (χ0v) is 19.8. The lowest BCUT2D eigenvalue weighted by molar-refractivity contribution is -0.386. The second-order valence-electron chi connectivity index (χ2n) is 8.17. The first kappa shape index (κ1) is 22.8. The van der Waals surface area contributed by atoms with E-state index in [1.807, 2.05) is 31.4 Å². The minimum Gasteiger partial charge on any atom is -0.494 e. The van der Waals surface area contributed by atoms with Gasteiger partial charge < -0.3 is 19.7 Å². The van der Waals surface area contributed by atoms with Crippen LogP contribution in [0.5, 0.6) is 11.5 Å². The van der Waals surface area contributed by atoms with E-state index < -0.39 is 4.92 Å². The molecule has 5 rings (SSSR count). The van der Waals surface area contributed by atoms with Gasteiger partial charge >= 0.3 is 5.69 Å². The summed E-state index contributed by atoms with van der Waals surface area (Å²) in [5.41, 5.74) is 2.17. The minimum atomic E-state index is -0.480. The fraction of sp³-hybridized carbons (Fsp3) is 0.261. The van der Waals surface area contributed by atoms with Gasteiger partial charge in [0.1, 0.15) is 11.9 Å². The minimum absolute atomic E-state index is 0.129. The van der Waals surface area contributed by atoms with E-state index in [0.717, 1.165) is 24.0 Å². The van der Waals surface area contributed by atoms with E-state index in [1.54, 1.807) is 10.7 Å². The number of rotatable bonds is 7. The van der Waals surface area contributed by atoms with Gasteiger partial charge in [0, 0.05) is 37.0 Å². The Morgan fingerprint density at radius 2 is 2.11 bits per heavy atom. The molecule has 1 aliphatic rings. The fourth-order valence-electron chi connectivity index (χ4n) is 4.08. The van der Waals surface area contributed by atoms with Crippen LogP contribution in [0.1, 0.15) is 6.42 Å². The fourth-order valence-corrected chi connectivity index (χ4v) is 4.27. The molecule has 35 heavy (non-hydrogen) atoms. The molecule has 180 valence electrons. The molecule has 0 saturated carbocycles. The normalized spacial score (nSPS) is 15.9. The molecular formula is C23H22ClN7O4. The number of likely N-dealkylation sites (N-methyl/N-ethyl adjacent to an activating group) is 1. The third-order valence-corrected chi connectivity index (χ3v) is 6.07. The van der Waals surface area contributed by atoms with E-state index in [-0.39, 0.29) is 23.5 Å². The van der Waals surface area contributed by atoms with Crippen molar-refractivity contribution < 1.29 is 14.4 Å². The number of nitrogens with one attached hydrogen (secondary N) is 1. The summed E-state index contributed by atoms with van der Waals surface area (Å²) >= 11 is 6.40. The largest absolute Gasteiger partial charge is 0.494 e. The number of nitro groups is 1. The summed E-state index contributed by atoms with van der Waals surface area (Å²) in [6.45, 7) is 1.57. The summed E-state index contributed by atoms with van der Waals surface area (Å²) in [4.78, 5) is 22.3. The van der Waals surface area contributed by atoms with E-state index >= 15 is 0 Å². The van der Waals surface area contributed by atoms with Crippen LogP contribution in [-0.4, -0.2) is 62.8 Å². The number of halogens is 1. The number of nitro benzene ring substituents is 1. The number of hydrogen-bond donors (Lipinski definition) is 1. The monoisotopic (exact) mass is 495 g/mol. The second-order valence-corrected chi connectivity index (χ2v) is 8.58. The Morgan fingerprint density at radius 1 is 1.26 bits per heavy atom. The molecule has 3 aromatic heterocycles. The van der Waals surface area contributed by atoms with E-state index in [0.29, 0.717) is 28.7 Å². The number of hydrogen-bond acceptors (Lipinski definition) is 9. The molecule has 1 saturated heterocycles. The highest BCUT2D eigenvalue weighted by atomic mass is 35.5. The molecule has 0 bridgehead atoms. The molecule has 1 aliphatic heterocycles. The van der Waals surface area contributed by atoms with Gasteiger partial charge in [-0.3, -0.25) is 10.1 Å². The molecule has 0 radical (unpaired) electrons. The smallest absolute Gasteiger partial charge is 0.313 e. The maximum atomic E-state index is 11.8. The highest BCUT2D eigenvalue weighted by Crippen LogP contribution is 2.40. The van der Waals surface area contributed by atoms with Crippen LogP contribution in [0.25, 0.3) is 16.8 Å². The number of fused-ring (bicyclic) bond motifs is 1. The molecule has 1 fully saturated rings. The van der Waals surface area contributed by atoms with Crippen LogP contribution in [0.3, 0.4) is 0 Å². The molecule has 11 nitrogen and oxygen atoms in total. The Kier molecular flexibility index (Phi) is 6.10. The van der Waals surface area contributed by atoms with Gasteiger partial charge in [-0.25, -0.2) is 14.5 Å². The highest BCUT2D eigenvalue weighted by molar-refractivity contribution is 6.33. The zero-order valence-electron chi connectivity index (χ0n) is 19.0. The first-order valence-corrected chi connectivity index (χ1v) is 11.2. The number of nitrogens with zero attached hydrogens (tertiary/aromatic N) is 6. The molecule has 4 aromatic rings. The molecule has 4 heterocycles. The van der Waals surface area contributed by atoms with Crippen molar-refractivity contribution in [2.45, 2.75) is 12.5 Å². The van der Waals surface area contributed by atoms with Gasteiger partial charge in [0.25, 0.3) is 0 Å². The Balaban J connectivity index is 1.49. The summed E-state index contributed by atoms with van der Waals surface area (Å²) in [6, 6.07) is 8.55. The SMILES string of the molecule is COc1cc(OC2CCN(C)C2)c([N+](=O)[O-])cc1Nc1ncc(Cl)c(-c2cnn3ccccc23)n1. The van der Waals surface area contributed by atoms with Crippen LogP contribution in [0.4, 0.5) is 17.3 Å². The Bertz CT molecular complexity index is 1410. The number of anilines is 2. The lowest BCUT2D eigenvalue weighted by Gasteiger charge is -2.17. The lowest BCUT2D eigenvalue weighted by atomic mass is 10.2. The molecule has 0 aliphatic carbocycles. The Labute approximate surface area is 205 Å². The van der Waals surface area contributed by atoms with E-state index in [4.69, 9.17) is 21.1 Å². The maximum absolute atomic E-state index is 11.8. The number of aromatic nitrogens is 4. The number of ether oxygens (including phenoxy) is 2. The highest BCUT2D eigenvalue weighted by Gasteiger charge is 2.27. The summed E-state index contributed by atoms with van der Waals surface area (Å²) in [7, 11) is 3.46. The van der Waals surface area contributed by atoms with Gasteiger partial charge in [-0.1, -0.05) is 17.7 Å². The average molecular weight is 496 g/mol. The first-order valence-electron chi connectivity index (χ1n) is 10.9. The topological polar surface area (TPSA) is 120 Å². The Morgan fingerprint density at radius 3 is 2.86 bits per heavy atom. The predicted molar refractivity (Wildman–Crippen MR) is 131 cm³/mol. The second kappa shape index (κ2) is 9.35. The van der Waals surface area contributed by atoms with Crippen molar-refractivity contribution in [1.29, 1.82) is 0 Å². The van der Waals surface area contributed by atoms with Crippen LogP contribution in [-0.2, 0) is 0 Å². The van der Waals surface area contributed by atoms with Crippen LogP contribution in [0.2, 0.25) is 5.02 Å². The molecule has 1 unspecified atom stereocenters. The maximum Gasteiger partial charge on any atom is 0.313 e. The summed E-state index contributed by atoms with van der Waals surface area (Å²) in [5, 5.41) is 19.5. The molecule has 0 spiro atoms. The summed E-state index contributed by atoms with van der Waals surface area (Å²) in [6.07, 6.45) is 5.62. The number of pyridine rings is 1. The molecule has 1 atom stereocenters. The van der Waals surface area contributed by atoms with Crippen LogP contribution >= 0.6 is 11.6 Å². The number of benzene rings is 1. The van der Waals surface area contributed by atoms with E-state index in [2.05, 4.69) is 25.3 Å². The van der Waals surface area contributed by atoms with E-state index in [9.17, 15) is 10.1 Å². The van der Waals surface area contributed by atoms with Crippen molar-refractivity contribution in [3.05, 3.63) is 64.1 Å². The van der Waals surface area contributed by atoms with Gasteiger partial charge in [-0.15, -0.1) is 0 Å². The first-order chi connectivity index (χ1) is 16.9. The summed E-state index contributed by atoms with van der Waals surface area (Å²) < 4.78 is 13.2. The van der Waals surface area contributed by atoms with Crippen LogP contribution in [0.15, 0.2) is 48.9 Å². The molecule has 1 aromatic carbocycles. The van der Waals surface area contributed by atoms with Gasteiger partial charge in [-0.2, -0.15) is 5.10 Å². The molecular weight excluding hydrogens is 474 g/mol. The van der Waals surface area contributed by atoms with E-state index in [1.165, 1.54) is 25.4 Å². The third-order valence-electron chi connectivity index (χ3n) is 5.79. The van der Waals surface area contributed by atoms with Gasteiger partial charge in [-0.05, 0) is 25.6 Å². The Hall–Kier alpha value is -3.96. The standard InChI is InChI=1S/C23H22ClN7O4/c1-29-8-6-14(13-29)35-21-10-20(34-2)17(9-19(21)31(32)33)27-23-25-12-16(24)22(28-23)15-11-26-30-7-4-3-5-18(15)30/h3-5,7,9-12,14H,6,8,13H2,1-2H3,(H,25,27,28). The van der Waals surface area contributed by atoms with Crippen LogP contribution < -0.4 is 14.8 Å². The van der Waals surface area contributed by atoms with Crippen molar-refractivity contribution in [3.8, 4) is 22.8 Å². The van der Waals surface area contributed by atoms with Gasteiger partial charge in [0.2, 0.25) is 11.7 Å². The van der Waals surface area contributed by atoms with Crippen molar-refractivity contribution in [1.82, 2.24) is 24.5 Å². The van der Waals surface area contributed by atoms with Gasteiger partial charge in [0.15, 0.2) is 0 Å².